The van der Waals surface area contributed by atoms with Gasteiger partial charge in [0.1, 0.15) is 5.52 Å². The van der Waals surface area contributed by atoms with Crippen molar-refractivity contribution in [3.63, 3.8) is 0 Å². The van der Waals surface area contributed by atoms with Crippen LogP contribution in [0.2, 0.25) is 0 Å². The van der Waals surface area contributed by atoms with Gasteiger partial charge >= 0.3 is 0 Å². The Bertz CT molecular complexity index is 1430. The van der Waals surface area contributed by atoms with Gasteiger partial charge in [-0.1, -0.05) is 23.4 Å². The number of anilines is 1. The molecular formula is C23H20N4O3. The minimum absolute atomic E-state index is 0.0190. The number of nitrogens with one attached hydrogen (secondary N) is 1. The summed E-state index contributed by atoms with van der Waals surface area (Å²) >= 11 is 0. The number of benzene rings is 1. The maximum Gasteiger partial charge on any atom is 0.274 e. The SMILES string of the molecule is Cc1cc(-c2cc3c([C@@H]4C[C@@]45C(=O)N(C)c4ccccc45)cn(C)c(=O)c3[nH]2)on1. The van der Waals surface area contributed by atoms with Gasteiger partial charge < -0.3 is 19.0 Å². The van der Waals surface area contributed by atoms with Gasteiger partial charge in [0.2, 0.25) is 5.91 Å². The molecule has 1 saturated carbocycles. The standard InChI is InChI=1S/C23H20N4O3/c1-12-8-19(30-25-12)17-9-13-14(11-26(2)21(28)20(13)24-17)16-10-23(16)15-6-4-5-7-18(15)27(3)22(23)29/h4-9,11,16,24H,10H2,1-3H3/t16-,23-/m0/s1. The Morgan fingerprint density at radius 2 is 2.00 bits per heavy atom. The summed E-state index contributed by atoms with van der Waals surface area (Å²) in [6.07, 6.45) is 2.62. The highest BCUT2D eigenvalue weighted by molar-refractivity contribution is 6.11. The van der Waals surface area contributed by atoms with Gasteiger partial charge in [0.25, 0.3) is 5.56 Å². The topological polar surface area (TPSA) is 84.1 Å². The molecule has 7 nitrogen and oxygen atoms in total. The number of rotatable bonds is 2. The number of amides is 1. The summed E-state index contributed by atoms with van der Waals surface area (Å²) in [6, 6.07) is 11.8. The summed E-state index contributed by atoms with van der Waals surface area (Å²) in [5.41, 5.74) is 4.40. The molecule has 2 aliphatic rings. The second-order valence-corrected chi connectivity index (χ2v) is 8.41. The number of hydrogen-bond acceptors (Lipinski definition) is 4. The third-order valence-corrected chi connectivity index (χ3v) is 6.66. The molecule has 4 aromatic rings. The highest BCUT2D eigenvalue weighted by Gasteiger charge is 2.67. The van der Waals surface area contributed by atoms with Gasteiger partial charge in [-0.15, -0.1) is 0 Å². The zero-order valence-corrected chi connectivity index (χ0v) is 16.9. The fourth-order valence-electron chi connectivity index (χ4n) is 5.10. The van der Waals surface area contributed by atoms with E-state index >= 15 is 0 Å². The molecule has 1 spiro atoms. The summed E-state index contributed by atoms with van der Waals surface area (Å²) in [6.45, 7) is 1.85. The molecule has 1 aromatic carbocycles. The van der Waals surface area contributed by atoms with Crippen LogP contribution in [0.15, 0.2) is 51.9 Å². The van der Waals surface area contributed by atoms with E-state index in [1.807, 2.05) is 50.5 Å². The Kier molecular flexibility index (Phi) is 3.17. The third-order valence-electron chi connectivity index (χ3n) is 6.66. The van der Waals surface area contributed by atoms with Crippen molar-refractivity contribution in [3.05, 3.63) is 69.8 Å². The first-order valence-electron chi connectivity index (χ1n) is 9.95. The van der Waals surface area contributed by atoms with Gasteiger partial charge in [0, 0.05) is 43.4 Å². The Balaban J connectivity index is 1.55. The molecule has 1 fully saturated rings. The average Bonchev–Trinajstić information content (AvgIpc) is 3.00. The van der Waals surface area contributed by atoms with Gasteiger partial charge in [-0.05, 0) is 36.6 Å². The molecule has 4 heterocycles. The number of aromatic amines is 1. The molecule has 1 aliphatic heterocycles. The highest BCUT2D eigenvalue weighted by Crippen LogP contribution is 2.66. The normalized spacial score (nSPS) is 22.3. The molecule has 0 bridgehead atoms. The first kappa shape index (κ1) is 17.3. The monoisotopic (exact) mass is 400 g/mol. The zero-order chi connectivity index (χ0) is 20.8. The Morgan fingerprint density at radius 1 is 1.20 bits per heavy atom. The maximum atomic E-state index is 13.3. The summed E-state index contributed by atoms with van der Waals surface area (Å²) in [4.78, 5) is 31.1. The lowest BCUT2D eigenvalue weighted by Gasteiger charge is -2.12. The summed E-state index contributed by atoms with van der Waals surface area (Å²) in [5.74, 6) is 0.729. The summed E-state index contributed by atoms with van der Waals surface area (Å²) < 4.78 is 6.97. The van der Waals surface area contributed by atoms with Crippen LogP contribution in [0.4, 0.5) is 5.69 Å². The molecular weight excluding hydrogens is 380 g/mol. The molecule has 0 radical (unpaired) electrons. The number of likely N-dealkylation sites (N-methyl/N-ethyl adjacent to an activating group) is 1. The average molecular weight is 400 g/mol. The van der Waals surface area contributed by atoms with Gasteiger partial charge in [-0.3, -0.25) is 9.59 Å². The number of pyridine rings is 1. The minimum Gasteiger partial charge on any atom is -0.354 e. The van der Waals surface area contributed by atoms with E-state index in [2.05, 4.69) is 16.2 Å². The van der Waals surface area contributed by atoms with E-state index < -0.39 is 5.41 Å². The first-order chi connectivity index (χ1) is 14.4. The van der Waals surface area contributed by atoms with Crippen LogP contribution in [0.1, 0.15) is 29.2 Å². The van der Waals surface area contributed by atoms with Crippen molar-refractivity contribution in [1.29, 1.82) is 0 Å². The molecule has 6 rings (SSSR count). The highest BCUT2D eigenvalue weighted by atomic mass is 16.5. The quantitative estimate of drug-likeness (QED) is 0.560. The largest absolute Gasteiger partial charge is 0.354 e. The van der Waals surface area contributed by atoms with Crippen LogP contribution in [0, 0.1) is 6.92 Å². The molecule has 2 atom stereocenters. The van der Waals surface area contributed by atoms with Gasteiger partial charge in [-0.2, -0.15) is 0 Å². The lowest BCUT2D eigenvalue weighted by atomic mass is 9.91. The van der Waals surface area contributed by atoms with E-state index in [1.165, 1.54) is 0 Å². The predicted molar refractivity (Wildman–Crippen MR) is 113 cm³/mol. The fraction of sp³-hybridized carbons (Fsp3) is 0.261. The predicted octanol–water partition coefficient (Wildman–Crippen LogP) is 3.23. The zero-order valence-electron chi connectivity index (χ0n) is 16.9. The van der Waals surface area contributed by atoms with Crippen LogP contribution in [0.25, 0.3) is 22.4 Å². The van der Waals surface area contributed by atoms with E-state index in [0.717, 1.165) is 34.3 Å². The molecule has 1 N–H and O–H groups in total. The molecule has 0 saturated heterocycles. The van der Waals surface area contributed by atoms with E-state index in [9.17, 15) is 9.59 Å². The van der Waals surface area contributed by atoms with Crippen LogP contribution in [-0.2, 0) is 17.3 Å². The molecule has 3 aromatic heterocycles. The number of para-hydroxylation sites is 1. The fourth-order valence-corrected chi connectivity index (χ4v) is 5.10. The number of nitrogens with zero attached hydrogens (tertiary/aromatic N) is 3. The lowest BCUT2D eigenvalue weighted by Crippen LogP contribution is -2.29. The molecule has 30 heavy (non-hydrogen) atoms. The minimum atomic E-state index is -0.546. The molecule has 150 valence electrons. The van der Waals surface area contributed by atoms with Crippen molar-refractivity contribution in [2.45, 2.75) is 24.7 Å². The molecule has 1 aliphatic carbocycles. The van der Waals surface area contributed by atoms with Crippen molar-refractivity contribution in [2.24, 2.45) is 7.05 Å². The lowest BCUT2D eigenvalue weighted by molar-refractivity contribution is -0.120. The van der Waals surface area contributed by atoms with Crippen molar-refractivity contribution in [1.82, 2.24) is 14.7 Å². The van der Waals surface area contributed by atoms with Crippen molar-refractivity contribution >= 4 is 22.5 Å². The number of fused-ring (bicyclic) bond motifs is 3. The molecule has 0 unspecified atom stereocenters. The number of hydrogen-bond donors (Lipinski definition) is 1. The first-order valence-corrected chi connectivity index (χ1v) is 9.95. The Morgan fingerprint density at radius 3 is 2.77 bits per heavy atom. The maximum absolute atomic E-state index is 13.3. The van der Waals surface area contributed by atoms with Crippen LogP contribution in [0.5, 0.6) is 0 Å². The number of aryl methyl sites for hydroxylation is 2. The smallest absolute Gasteiger partial charge is 0.274 e. The number of carbonyl (C=O) groups is 1. The van der Waals surface area contributed by atoms with E-state index in [1.54, 1.807) is 16.5 Å². The van der Waals surface area contributed by atoms with Crippen LogP contribution in [-0.4, -0.2) is 27.7 Å². The molecule has 1 amide bonds. The second-order valence-electron chi connectivity index (χ2n) is 8.41. The van der Waals surface area contributed by atoms with E-state index in [-0.39, 0.29) is 17.4 Å². The Hall–Kier alpha value is -3.61. The van der Waals surface area contributed by atoms with Crippen LogP contribution in [0.3, 0.4) is 0 Å². The summed E-state index contributed by atoms with van der Waals surface area (Å²) in [5, 5.41) is 4.78. The van der Waals surface area contributed by atoms with E-state index in [0.29, 0.717) is 17.0 Å². The number of carbonyl (C=O) groups excluding carboxylic acids is 1. The van der Waals surface area contributed by atoms with Crippen molar-refractivity contribution < 1.29 is 9.32 Å². The number of aromatic nitrogens is 3. The molecule has 7 heteroatoms. The van der Waals surface area contributed by atoms with Crippen molar-refractivity contribution in [2.75, 3.05) is 11.9 Å². The van der Waals surface area contributed by atoms with E-state index in [4.69, 9.17) is 4.52 Å². The van der Waals surface area contributed by atoms with Gasteiger partial charge in [-0.25, -0.2) is 0 Å². The third kappa shape index (κ3) is 2.01. The van der Waals surface area contributed by atoms with Crippen LogP contribution >= 0.6 is 0 Å². The number of H-pyrrole nitrogens is 1. The Labute approximate surface area is 171 Å². The van der Waals surface area contributed by atoms with Crippen LogP contribution < -0.4 is 10.5 Å². The summed E-state index contributed by atoms with van der Waals surface area (Å²) in [7, 11) is 3.58. The van der Waals surface area contributed by atoms with Crippen molar-refractivity contribution in [3.8, 4) is 11.5 Å². The second kappa shape index (κ2) is 5.50. The van der Waals surface area contributed by atoms with Gasteiger partial charge in [0.15, 0.2) is 5.76 Å². The van der Waals surface area contributed by atoms with Gasteiger partial charge in [0.05, 0.1) is 16.8 Å².